The number of benzene rings is 1. The zero-order valence-corrected chi connectivity index (χ0v) is 11.7. The third-order valence-corrected chi connectivity index (χ3v) is 3.90. The van der Waals surface area contributed by atoms with Gasteiger partial charge in [0.15, 0.2) is 22.4 Å². The summed E-state index contributed by atoms with van der Waals surface area (Å²) in [6.07, 6.45) is 0. The molecule has 0 spiro atoms. The molecule has 2 aliphatic heterocycles. The van der Waals surface area contributed by atoms with Crippen molar-refractivity contribution < 1.29 is 18.7 Å². The lowest BCUT2D eigenvalue weighted by molar-refractivity contribution is -0.159. The Balaban J connectivity index is 2.18. The van der Waals surface area contributed by atoms with Crippen LogP contribution in [0.4, 0.5) is 4.39 Å². The van der Waals surface area contributed by atoms with Crippen LogP contribution in [0.15, 0.2) is 18.2 Å². The highest BCUT2D eigenvalue weighted by molar-refractivity contribution is 7.80. The van der Waals surface area contributed by atoms with Crippen LogP contribution >= 0.6 is 12.2 Å². The average Bonchev–Trinajstić information content (AvgIpc) is 2.38. The van der Waals surface area contributed by atoms with Gasteiger partial charge in [0.1, 0.15) is 5.92 Å². The maximum atomic E-state index is 13.9. The van der Waals surface area contributed by atoms with Gasteiger partial charge in [0.2, 0.25) is 0 Å². The molecule has 3 rings (SSSR count). The van der Waals surface area contributed by atoms with Gasteiger partial charge in [-0.05, 0) is 25.2 Å². The molecule has 1 aromatic rings. The summed E-state index contributed by atoms with van der Waals surface area (Å²) in [5.74, 6) is -1.47. The standard InChI is InChI=1S/C13H13FN2O3S/c1-13-8(11(17)18-2)9(15-12(20)16-13)6-4-3-5-7(14)10(6)19-13/h3-5,8-9H,1-2H3,(H2,15,16,20). The van der Waals surface area contributed by atoms with Crippen LogP contribution in [0.1, 0.15) is 18.5 Å². The summed E-state index contributed by atoms with van der Waals surface area (Å²) < 4.78 is 24.5. The fourth-order valence-electron chi connectivity index (χ4n) is 2.81. The second-order valence-electron chi connectivity index (χ2n) is 4.94. The fourth-order valence-corrected chi connectivity index (χ4v) is 3.14. The molecule has 106 valence electrons. The molecule has 1 aromatic carbocycles. The lowest BCUT2D eigenvalue weighted by Gasteiger charge is -2.49. The number of esters is 1. The minimum atomic E-state index is -1.14. The summed E-state index contributed by atoms with van der Waals surface area (Å²) in [7, 11) is 1.31. The molecule has 0 amide bonds. The Kier molecular flexibility index (Phi) is 2.82. The maximum absolute atomic E-state index is 13.9. The van der Waals surface area contributed by atoms with Gasteiger partial charge in [0.05, 0.1) is 13.2 Å². The lowest BCUT2D eigenvalue weighted by Crippen LogP contribution is -2.70. The number of hydrogen-bond donors (Lipinski definition) is 2. The van der Waals surface area contributed by atoms with Crippen molar-refractivity contribution in [3.63, 3.8) is 0 Å². The van der Waals surface area contributed by atoms with E-state index in [1.807, 2.05) is 0 Å². The maximum Gasteiger partial charge on any atom is 0.317 e. The van der Waals surface area contributed by atoms with E-state index >= 15 is 0 Å². The molecular weight excluding hydrogens is 283 g/mol. The second kappa shape index (κ2) is 4.31. The van der Waals surface area contributed by atoms with Gasteiger partial charge in [0, 0.05) is 5.56 Å². The predicted molar refractivity (Wildman–Crippen MR) is 72.5 cm³/mol. The summed E-state index contributed by atoms with van der Waals surface area (Å²) in [6, 6.07) is 4.11. The van der Waals surface area contributed by atoms with E-state index in [2.05, 4.69) is 10.6 Å². The molecule has 0 saturated carbocycles. The number of carbonyl (C=O) groups excluding carboxylic acids is 1. The molecule has 3 unspecified atom stereocenters. The normalized spacial score (nSPS) is 30.4. The Morgan fingerprint density at radius 2 is 2.30 bits per heavy atom. The van der Waals surface area contributed by atoms with Crippen molar-refractivity contribution in [1.29, 1.82) is 0 Å². The summed E-state index contributed by atoms with van der Waals surface area (Å²) >= 11 is 5.12. The number of thiocarbonyl (C=S) groups is 1. The number of fused-ring (bicyclic) bond motifs is 4. The smallest absolute Gasteiger partial charge is 0.317 e. The van der Waals surface area contributed by atoms with Crippen LogP contribution < -0.4 is 15.4 Å². The number of ether oxygens (including phenoxy) is 2. The molecule has 0 aliphatic carbocycles. The molecule has 2 bridgehead atoms. The summed E-state index contributed by atoms with van der Waals surface area (Å²) in [6.45, 7) is 1.66. The van der Waals surface area contributed by atoms with E-state index in [1.54, 1.807) is 19.1 Å². The Bertz CT molecular complexity index is 609. The molecule has 2 heterocycles. The van der Waals surface area contributed by atoms with Crippen LogP contribution in [0.25, 0.3) is 0 Å². The van der Waals surface area contributed by atoms with Crippen molar-refractivity contribution in [3.8, 4) is 5.75 Å². The predicted octanol–water partition coefficient (Wildman–Crippen LogP) is 1.24. The monoisotopic (exact) mass is 296 g/mol. The average molecular weight is 296 g/mol. The van der Waals surface area contributed by atoms with Gasteiger partial charge in [-0.3, -0.25) is 4.79 Å². The van der Waals surface area contributed by atoms with Gasteiger partial charge in [0.25, 0.3) is 0 Å². The van der Waals surface area contributed by atoms with E-state index in [4.69, 9.17) is 21.7 Å². The number of halogens is 1. The zero-order chi connectivity index (χ0) is 14.5. The van der Waals surface area contributed by atoms with Crippen LogP contribution in [0, 0.1) is 11.7 Å². The van der Waals surface area contributed by atoms with Crippen molar-refractivity contribution in [1.82, 2.24) is 10.6 Å². The molecule has 2 aliphatic rings. The van der Waals surface area contributed by atoms with Crippen molar-refractivity contribution in [2.75, 3.05) is 7.11 Å². The molecule has 7 heteroatoms. The zero-order valence-electron chi connectivity index (χ0n) is 10.9. The van der Waals surface area contributed by atoms with Crippen LogP contribution in [-0.4, -0.2) is 23.9 Å². The molecule has 1 fully saturated rings. The van der Waals surface area contributed by atoms with Gasteiger partial charge < -0.3 is 20.1 Å². The van der Waals surface area contributed by atoms with Gasteiger partial charge in [-0.25, -0.2) is 4.39 Å². The highest BCUT2D eigenvalue weighted by atomic mass is 32.1. The fraction of sp³-hybridized carbons (Fsp3) is 0.385. The van der Waals surface area contributed by atoms with Gasteiger partial charge >= 0.3 is 5.97 Å². The molecule has 3 atom stereocenters. The number of nitrogens with one attached hydrogen (secondary N) is 2. The summed E-state index contributed by atoms with van der Waals surface area (Å²) in [4.78, 5) is 12.1. The van der Waals surface area contributed by atoms with E-state index in [9.17, 15) is 9.18 Å². The number of rotatable bonds is 1. The van der Waals surface area contributed by atoms with Crippen LogP contribution in [0.5, 0.6) is 5.75 Å². The molecule has 0 aromatic heterocycles. The van der Waals surface area contributed by atoms with E-state index in [0.717, 1.165) is 0 Å². The van der Waals surface area contributed by atoms with E-state index in [-0.39, 0.29) is 5.75 Å². The Labute approximate surface area is 120 Å². The van der Waals surface area contributed by atoms with Gasteiger partial charge in [-0.1, -0.05) is 12.1 Å². The number of hydrogen-bond acceptors (Lipinski definition) is 4. The topological polar surface area (TPSA) is 59.6 Å². The highest BCUT2D eigenvalue weighted by Crippen LogP contribution is 2.46. The largest absolute Gasteiger partial charge is 0.469 e. The number of methoxy groups -OCH3 is 1. The Hall–Kier alpha value is -1.89. The van der Waals surface area contributed by atoms with Crippen LogP contribution in [0.3, 0.4) is 0 Å². The lowest BCUT2D eigenvalue weighted by atomic mass is 9.80. The van der Waals surface area contributed by atoms with Crippen molar-refractivity contribution in [2.45, 2.75) is 18.7 Å². The summed E-state index contributed by atoms with van der Waals surface area (Å²) in [5.41, 5.74) is -0.586. The molecule has 20 heavy (non-hydrogen) atoms. The molecule has 2 N–H and O–H groups in total. The van der Waals surface area contributed by atoms with E-state index in [0.29, 0.717) is 10.7 Å². The van der Waals surface area contributed by atoms with Crippen molar-refractivity contribution in [3.05, 3.63) is 29.6 Å². The molecule has 0 radical (unpaired) electrons. The summed E-state index contributed by atoms with van der Waals surface area (Å²) in [5, 5.41) is 6.24. The molecule has 5 nitrogen and oxygen atoms in total. The highest BCUT2D eigenvalue weighted by Gasteiger charge is 2.55. The Morgan fingerprint density at radius 3 is 3.00 bits per heavy atom. The first-order valence-electron chi connectivity index (χ1n) is 6.10. The minimum absolute atomic E-state index is 0.127. The van der Waals surface area contributed by atoms with E-state index in [1.165, 1.54) is 13.2 Å². The van der Waals surface area contributed by atoms with Crippen LogP contribution in [0.2, 0.25) is 0 Å². The third kappa shape index (κ3) is 1.73. The quantitative estimate of drug-likeness (QED) is 0.601. The first kappa shape index (κ1) is 13.1. The van der Waals surface area contributed by atoms with Gasteiger partial charge in [-0.2, -0.15) is 0 Å². The first-order chi connectivity index (χ1) is 9.46. The van der Waals surface area contributed by atoms with Gasteiger partial charge in [-0.15, -0.1) is 0 Å². The second-order valence-corrected chi connectivity index (χ2v) is 5.35. The molecule has 1 saturated heterocycles. The first-order valence-corrected chi connectivity index (χ1v) is 6.51. The third-order valence-electron chi connectivity index (χ3n) is 3.68. The minimum Gasteiger partial charge on any atom is -0.469 e. The number of carbonyl (C=O) groups is 1. The van der Waals surface area contributed by atoms with Crippen molar-refractivity contribution in [2.24, 2.45) is 5.92 Å². The molecular formula is C13H13FN2O3S. The van der Waals surface area contributed by atoms with Crippen LogP contribution in [-0.2, 0) is 9.53 Å². The van der Waals surface area contributed by atoms with Crippen molar-refractivity contribution >= 4 is 23.3 Å². The SMILES string of the molecule is COC(=O)C1C2NC(=S)NC1(C)Oc1c(F)cccc12. The Morgan fingerprint density at radius 1 is 1.55 bits per heavy atom. The number of para-hydroxylation sites is 1. The van der Waals surface area contributed by atoms with E-state index < -0.39 is 29.5 Å².